The summed E-state index contributed by atoms with van der Waals surface area (Å²) in [5.74, 6) is 1.09. The summed E-state index contributed by atoms with van der Waals surface area (Å²) in [6, 6.07) is 5.58. The van der Waals surface area contributed by atoms with Crippen LogP contribution >= 0.6 is 0 Å². The Labute approximate surface area is 124 Å². The third-order valence-electron chi connectivity index (χ3n) is 3.58. The zero-order valence-electron chi connectivity index (χ0n) is 13.2. The molecule has 20 heavy (non-hydrogen) atoms. The summed E-state index contributed by atoms with van der Waals surface area (Å²) in [5, 5.41) is 9.66. The Balaban J connectivity index is 2.18. The van der Waals surface area contributed by atoms with Gasteiger partial charge >= 0.3 is 0 Å². The van der Waals surface area contributed by atoms with Gasteiger partial charge in [-0.2, -0.15) is 0 Å². The highest BCUT2D eigenvalue weighted by Crippen LogP contribution is 2.23. The molecule has 0 heterocycles. The first-order chi connectivity index (χ1) is 9.76. The maximum absolute atomic E-state index is 9.66. The van der Waals surface area contributed by atoms with E-state index in [2.05, 4.69) is 6.92 Å². The molecule has 1 N–H and O–H groups in total. The molecule has 114 valence electrons. The van der Waals surface area contributed by atoms with E-state index in [-0.39, 0.29) is 0 Å². The predicted molar refractivity (Wildman–Crippen MR) is 85.6 cm³/mol. The van der Waals surface area contributed by atoms with E-state index in [4.69, 9.17) is 4.74 Å². The number of phenolic OH excluding ortho intramolecular Hbond substituents is 1. The van der Waals surface area contributed by atoms with Gasteiger partial charge in [0.15, 0.2) is 0 Å². The Hall–Kier alpha value is -1.18. The van der Waals surface area contributed by atoms with Crippen molar-refractivity contribution >= 4 is 0 Å². The maximum atomic E-state index is 9.66. The Morgan fingerprint density at radius 3 is 2.15 bits per heavy atom. The minimum atomic E-state index is 0.311. The van der Waals surface area contributed by atoms with Gasteiger partial charge in [-0.15, -0.1) is 0 Å². The van der Waals surface area contributed by atoms with Crippen LogP contribution in [0.25, 0.3) is 0 Å². The van der Waals surface area contributed by atoms with Crippen LogP contribution in [0.3, 0.4) is 0 Å². The fraction of sp³-hybridized carbons (Fsp3) is 0.667. The van der Waals surface area contributed by atoms with E-state index in [1.165, 1.54) is 56.9 Å². The van der Waals surface area contributed by atoms with Gasteiger partial charge < -0.3 is 9.84 Å². The van der Waals surface area contributed by atoms with Crippen LogP contribution in [0.1, 0.15) is 70.8 Å². The SMILES string of the molecule is CCCCCCCCCCc1cc(O)cc(OCC)c1. The summed E-state index contributed by atoms with van der Waals surface area (Å²) in [6.45, 7) is 4.86. The van der Waals surface area contributed by atoms with Crippen LogP contribution in [0.5, 0.6) is 11.5 Å². The number of hydrogen-bond acceptors (Lipinski definition) is 2. The standard InChI is InChI=1S/C18H30O2/c1-3-5-6-7-8-9-10-11-12-16-13-17(19)15-18(14-16)20-4-2/h13-15,19H,3-12H2,1-2H3. The Bertz CT molecular complexity index is 360. The maximum Gasteiger partial charge on any atom is 0.123 e. The van der Waals surface area contributed by atoms with E-state index < -0.39 is 0 Å². The van der Waals surface area contributed by atoms with Gasteiger partial charge in [-0.25, -0.2) is 0 Å². The van der Waals surface area contributed by atoms with Crippen molar-refractivity contribution in [3.8, 4) is 11.5 Å². The quantitative estimate of drug-likeness (QED) is 0.543. The molecule has 1 aromatic carbocycles. The molecule has 0 amide bonds. The van der Waals surface area contributed by atoms with Crippen molar-refractivity contribution in [3.63, 3.8) is 0 Å². The number of unbranched alkanes of at least 4 members (excludes halogenated alkanes) is 7. The molecular formula is C18H30O2. The molecule has 2 heteroatoms. The molecule has 0 fully saturated rings. The molecule has 0 saturated heterocycles. The Kier molecular flexibility index (Phi) is 8.93. The van der Waals surface area contributed by atoms with E-state index in [0.29, 0.717) is 12.4 Å². The topological polar surface area (TPSA) is 29.5 Å². The average Bonchev–Trinajstić information content (AvgIpc) is 2.41. The van der Waals surface area contributed by atoms with Gasteiger partial charge in [-0.05, 0) is 37.5 Å². The molecule has 1 rings (SSSR count). The lowest BCUT2D eigenvalue weighted by Crippen LogP contribution is -1.93. The van der Waals surface area contributed by atoms with E-state index >= 15 is 0 Å². The van der Waals surface area contributed by atoms with Gasteiger partial charge in [0, 0.05) is 6.07 Å². The molecule has 0 saturated carbocycles. The zero-order chi connectivity index (χ0) is 14.6. The molecule has 0 unspecified atom stereocenters. The smallest absolute Gasteiger partial charge is 0.123 e. The summed E-state index contributed by atoms with van der Waals surface area (Å²) in [5.41, 5.74) is 1.18. The van der Waals surface area contributed by atoms with Crippen molar-refractivity contribution in [1.82, 2.24) is 0 Å². The summed E-state index contributed by atoms with van der Waals surface area (Å²) in [4.78, 5) is 0. The van der Waals surface area contributed by atoms with Crippen LogP contribution in [0, 0.1) is 0 Å². The van der Waals surface area contributed by atoms with Gasteiger partial charge in [0.25, 0.3) is 0 Å². The predicted octanol–water partition coefficient (Wildman–Crippen LogP) is 5.47. The second-order valence-electron chi connectivity index (χ2n) is 5.49. The highest BCUT2D eigenvalue weighted by Gasteiger charge is 2.01. The number of aryl methyl sites for hydroxylation is 1. The molecule has 0 spiro atoms. The molecular weight excluding hydrogens is 248 g/mol. The lowest BCUT2D eigenvalue weighted by atomic mass is 10.0. The lowest BCUT2D eigenvalue weighted by molar-refractivity contribution is 0.337. The molecule has 0 aliphatic heterocycles. The highest BCUT2D eigenvalue weighted by molar-refractivity contribution is 5.37. The second-order valence-corrected chi connectivity index (χ2v) is 5.49. The molecule has 0 atom stereocenters. The van der Waals surface area contributed by atoms with Crippen LogP contribution in [0.2, 0.25) is 0 Å². The van der Waals surface area contributed by atoms with E-state index in [1.54, 1.807) is 6.07 Å². The third-order valence-corrected chi connectivity index (χ3v) is 3.58. The van der Waals surface area contributed by atoms with Crippen LogP contribution in [0.15, 0.2) is 18.2 Å². The highest BCUT2D eigenvalue weighted by atomic mass is 16.5. The minimum absolute atomic E-state index is 0.311. The number of rotatable bonds is 11. The van der Waals surface area contributed by atoms with Gasteiger partial charge in [0.05, 0.1) is 6.61 Å². The molecule has 0 aromatic heterocycles. The van der Waals surface area contributed by atoms with E-state index in [0.717, 1.165) is 12.2 Å². The summed E-state index contributed by atoms with van der Waals surface area (Å²) in [7, 11) is 0. The zero-order valence-corrected chi connectivity index (χ0v) is 13.2. The summed E-state index contributed by atoms with van der Waals surface area (Å²) >= 11 is 0. The fourth-order valence-electron chi connectivity index (χ4n) is 2.50. The Morgan fingerprint density at radius 2 is 1.50 bits per heavy atom. The lowest BCUT2D eigenvalue weighted by Gasteiger charge is -2.07. The van der Waals surface area contributed by atoms with Gasteiger partial charge in [0.1, 0.15) is 11.5 Å². The van der Waals surface area contributed by atoms with Crippen molar-refractivity contribution in [2.75, 3.05) is 6.61 Å². The normalized spacial score (nSPS) is 10.7. The van der Waals surface area contributed by atoms with Crippen LogP contribution in [0.4, 0.5) is 0 Å². The first-order valence-corrected chi connectivity index (χ1v) is 8.22. The molecule has 0 bridgehead atoms. The third kappa shape index (κ3) is 7.42. The summed E-state index contributed by atoms with van der Waals surface area (Å²) in [6.07, 6.45) is 11.7. The number of hydrogen-bond donors (Lipinski definition) is 1. The van der Waals surface area contributed by atoms with Crippen molar-refractivity contribution in [2.45, 2.75) is 71.6 Å². The van der Waals surface area contributed by atoms with E-state index in [1.807, 2.05) is 19.1 Å². The summed E-state index contributed by atoms with van der Waals surface area (Å²) < 4.78 is 5.45. The number of phenols is 1. The fourth-order valence-corrected chi connectivity index (χ4v) is 2.50. The second kappa shape index (κ2) is 10.6. The first-order valence-electron chi connectivity index (χ1n) is 8.22. The molecule has 1 aromatic rings. The molecule has 0 aliphatic rings. The molecule has 0 aliphatic carbocycles. The minimum Gasteiger partial charge on any atom is -0.508 e. The number of aromatic hydroxyl groups is 1. The van der Waals surface area contributed by atoms with Crippen molar-refractivity contribution in [3.05, 3.63) is 23.8 Å². The monoisotopic (exact) mass is 278 g/mol. The van der Waals surface area contributed by atoms with Crippen LogP contribution in [-0.2, 0) is 6.42 Å². The Morgan fingerprint density at radius 1 is 0.850 bits per heavy atom. The van der Waals surface area contributed by atoms with Crippen LogP contribution in [-0.4, -0.2) is 11.7 Å². The van der Waals surface area contributed by atoms with Crippen molar-refractivity contribution in [1.29, 1.82) is 0 Å². The van der Waals surface area contributed by atoms with Crippen LogP contribution < -0.4 is 4.74 Å². The largest absolute Gasteiger partial charge is 0.508 e. The van der Waals surface area contributed by atoms with Gasteiger partial charge in [0.2, 0.25) is 0 Å². The average molecular weight is 278 g/mol. The van der Waals surface area contributed by atoms with E-state index in [9.17, 15) is 5.11 Å². The first kappa shape index (κ1) is 16.9. The molecule has 0 radical (unpaired) electrons. The van der Waals surface area contributed by atoms with Crippen molar-refractivity contribution in [2.24, 2.45) is 0 Å². The van der Waals surface area contributed by atoms with Gasteiger partial charge in [-0.1, -0.05) is 51.9 Å². The number of ether oxygens (including phenoxy) is 1. The van der Waals surface area contributed by atoms with Crippen molar-refractivity contribution < 1.29 is 9.84 Å². The van der Waals surface area contributed by atoms with Gasteiger partial charge in [-0.3, -0.25) is 0 Å². The number of benzene rings is 1. The molecule has 2 nitrogen and oxygen atoms in total.